The first-order valence-corrected chi connectivity index (χ1v) is 10.4. The zero-order chi connectivity index (χ0) is 21.5. The van der Waals surface area contributed by atoms with Gasteiger partial charge in [0.25, 0.3) is 0 Å². The van der Waals surface area contributed by atoms with Gasteiger partial charge in [0.05, 0.1) is 6.61 Å². The molecule has 0 atom stereocenters. The molecule has 1 aliphatic rings. The second kappa shape index (κ2) is 10.0. The van der Waals surface area contributed by atoms with E-state index in [9.17, 15) is 4.79 Å². The quantitative estimate of drug-likeness (QED) is 0.586. The monoisotopic (exact) mass is 418 g/mol. The third-order valence-electron chi connectivity index (χ3n) is 5.06. The second-order valence-electron chi connectivity index (χ2n) is 7.37. The zero-order valence-electron chi connectivity index (χ0n) is 17.6. The van der Waals surface area contributed by atoms with E-state index in [0.717, 1.165) is 17.1 Å². The standard InChI is InChI=1S/C24H26N4O3/c1-19-25-22(16-23(26-19)31-21-10-6-3-7-11-21)27-12-14-28(15-13-27)24(29)18-30-17-20-8-4-2-5-9-20/h2-11,16H,12-15,17-18H2,1H3. The van der Waals surface area contributed by atoms with E-state index in [-0.39, 0.29) is 12.5 Å². The van der Waals surface area contributed by atoms with Gasteiger partial charge in [0.1, 0.15) is 24.0 Å². The van der Waals surface area contributed by atoms with Crippen LogP contribution in [0.15, 0.2) is 66.7 Å². The van der Waals surface area contributed by atoms with Crippen molar-refractivity contribution in [3.8, 4) is 11.6 Å². The van der Waals surface area contributed by atoms with E-state index in [4.69, 9.17) is 9.47 Å². The number of benzene rings is 2. The number of hydrogen-bond acceptors (Lipinski definition) is 6. The van der Waals surface area contributed by atoms with Gasteiger partial charge in [0, 0.05) is 32.2 Å². The van der Waals surface area contributed by atoms with Crippen LogP contribution in [0.25, 0.3) is 0 Å². The predicted molar refractivity (Wildman–Crippen MR) is 118 cm³/mol. The van der Waals surface area contributed by atoms with Crippen LogP contribution in [-0.4, -0.2) is 53.6 Å². The van der Waals surface area contributed by atoms with E-state index >= 15 is 0 Å². The van der Waals surface area contributed by atoms with Crippen LogP contribution >= 0.6 is 0 Å². The molecule has 7 nitrogen and oxygen atoms in total. The molecule has 0 spiro atoms. The number of para-hydroxylation sites is 1. The fourth-order valence-electron chi connectivity index (χ4n) is 3.46. The number of carbonyl (C=O) groups excluding carboxylic acids is 1. The Morgan fingerprint density at radius 1 is 0.935 bits per heavy atom. The van der Waals surface area contributed by atoms with Crippen LogP contribution in [0.1, 0.15) is 11.4 Å². The summed E-state index contributed by atoms with van der Waals surface area (Å²) in [6.07, 6.45) is 0. The summed E-state index contributed by atoms with van der Waals surface area (Å²) in [4.78, 5) is 25.4. The average Bonchev–Trinajstić information content (AvgIpc) is 2.80. The lowest BCUT2D eigenvalue weighted by Crippen LogP contribution is -2.50. The first kappa shape index (κ1) is 20.8. The number of carbonyl (C=O) groups is 1. The molecule has 160 valence electrons. The zero-order valence-corrected chi connectivity index (χ0v) is 17.6. The highest BCUT2D eigenvalue weighted by Gasteiger charge is 2.22. The molecule has 1 amide bonds. The molecule has 0 bridgehead atoms. The van der Waals surface area contributed by atoms with Crippen molar-refractivity contribution in [2.24, 2.45) is 0 Å². The Morgan fingerprint density at radius 3 is 2.32 bits per heavy atom. The molecule has 31 heavy (non-hydrogen) atoms. The smallest absolute Gasteiger partial charge is 0.248 e. The first-order chi connectivity index (χ1) is 15.2. The summed E-state index contributed by atoms with van der Waals surface area (Å²) in [6.45, 7) is 5.05. The molecule has 7 heteroatoms. The predicted octanol–water partition coefficient (Wildman–Crippen LogP) is 3.44. The molecule has 2 aromatic carbocycles. The molecule has 3 aromatic rings. The first-order valence-electron chi connectivity index (χ1n) is 10.4. The van der Waals surface area contributed by atoms with E-state index in [1.54, 1.807) is 0 Å². The molecule has 1 aliphatic heterocycles. The molecular formula is C24H26N4O3. The van der Waals surface area contributed by atoms with Crippen molar-refractivity contribution in [3.63, 3.8) is 0 Å². The van der Waals surface area contributed by atoms with Crippen LogP contribution < -0.4 is 9.64 Å². The molecule has 1 fully saturated rings. The fourth-order valence-corrected chi connectivity index (χ4v) is 3.46. The third kappa shape index (κ3) is 5.79. The van der Waals surface area contributed by atoms with Gasteiger partial charge in [-0.05, 0) is 24.6 Å². The highest BCUT2D eigenvalue weighted by Crippen LogP contribution is 2.23. The Morgan fingerprint density at radius 2 is 1.61 bits per heavy atom. The Labute approximate surface area is 182 Å². The van der Waals surface area contributed by atoms with Crippen molar-refractivity contribution in [1.29, 1.82) is 0 Å². The maximum Gasteiger partial charge on any atom is 0.248 e. The van der Waals surface area contributed by atoms with Crippen molar-refractivity contribution in [2.45, 2.75) is 13.5 Å². The van der Waals surface area contributed by atoms with Gasteiger partial charge in [-0.15, -0.1) is 0 Å². The van der Waals surface area contributed by atoms with E-state index in [1.165, 1.54) is 0 Å². The third-order valence-corrected chi connectivity index (χ3v) is 5.06. The van der Waals surface area contributed by atoms with Gasteiger partial charge < -0.3 is 19.3 Å². The highest BCUT2D eigenvalue weighted by atomic mass is 16.5. The summed E-state index contributed by atoms with van der Waals surface area (Å²) in [5.74, 6) is 2.73. The lowest BCUT2D eigenvalue weighted by atomic mass is 10.2. The minimum Gasteiger partial charge on any atom is -0.439 e. The van der Waals surface area contributed by atoms with Gasteiger partial charge in [0.2, 0.25) is 11.8 Å². The largest absolute Gasteiger partial charge is 0.439 e. The minimum atomic E-state index is 0.0162. The maximum atomic E-state index is 12.5. The van der Waals surface area contributed by atoms with Gasteiger partial charge in [0.15, 0.2) is 0 Å². The molecule has 4 rings (SSSR count). The summed E-state index contributed by atoms with van der Waals surface area (Å²) in [6, 6.07) is 21.3. The lowest BCUT2D eigenvalue weighted by Gasteiger charge is -2.35. The number of hydrogen-bond donors (Lipinski definition) is 0. The summed E-state index contributed by atoms with van der Waals surface area (Å²) >= 11 is 0. The van der Waals surface area contributed by atoms with Crippen LogP contribution in [-0.2, 0) is 16.1 Å². The number of amides is 1. The van der Waals surface area contributed by atoms with Gasteiger partial charge >= 0.3 is 0 Å². The topological polar surface area (TPSA) is 67.8 Å². The van der Waals surface area contributed by atoms with E-state index in [2.05, 4.69) is 14.9 Å². The van der Waals surface area contributed by atoms with Crippen molar-refractivity contribution >= 4 is 11.7 Å². The summed E-state index contributed by atoms with van der Waals surface area (Å²) in [7, 11) is 0. The molecule has 1 aromatic heterocycles. The summed E-state index contributed by atoms with van der Waals surface area (Å²) < 4.78 is 11.5. The number of aryl methyl sites for hydroxylation is 1. The van der Waals surface area contributed by atoms with E-state index in [0.29, 0.717) is 44.5 Å². The van der Waals surface area contributed by atoms with Gasteiger partial charge in [-0.1, -0.05) is 48.5 Å². The normalized spacial score (nSPS) is 13.8. The number of aromatic nitrogens is 2. The Bertz CT molecular complexity index is 990. The Balaban J connectivity index is 1.29. The molecular weight excluding hydrogens is 392 g/mol. The molecule has 0 N–H and O–H groups in total. The second-order valence-corrected chi connectivity index (χ2v) is 7.37. The van der Waals surface area contributed by atoms with Crippen molar-refractivity contribution in [3.05, 3.63) is 78.1 Å². The SMILES string of the molecule is Cc1nc(Oc2ccccc2)cc(N2CCN(C(=O)COCc3ccccc3)CC2)n1. The van der Waals surface area contributed by atoms with Gasteiger partial charge in [-0.25, -0.2) is 4.98 Å². The van der Waals surface area contributed by atoms with Crippen molar-refractivity contribution in [1.82, 2.24) is 14.9 Å². The molecule has 0 radical (unpaired) electrons. The van der Waals surface area contributed by atoms with E-state index in [1.807, 2.05) is 78.6 Å². The molecule has 1 saturated heterocycles. The van der Waals surface area contributed by atoms with E-state index < -0.39 is 0 Å². The van der Waals surface area contributed by atoms with Crippen LogP contribution in [0.2, 0.25) is 0 Å². The number of piperazine rings is 1. The maximum absolute atomic E-state index is 12.5. The summed E-state index contributed by atoms with van der Waals surface area (Å²) in [5, 5.41) is 0. The van der Waals surface area contributed by atoms with Crippen molar-refractivity contribution in [2.75, 3.05) is 37.7 Å². The molecule has 0 unspecified atom stereocenters. The van der Waals surface area contributed by atoms with Crippen LogP contribution in [0.5, 0.6) is 11.6 Å². The minimum absolute atomic E-state index is 0.0162. The Kier molecular flexibility index (Phi) is 6.74. The highest BCUT2D eigenvalue weighted by molar-refractivity contribution is 5.77. The number of ether oxygens (including phenoxy) is 2. The summed E-state index contributed by atoms with van der Waals surface area (Å²) in [5.41, 5.74) is 1.06. The number of anilines is 1. The van der Waals surface area contributed by atoms with Crippen molar-refractivity contribution < 1.29 is 14.3 Å². The molecule has 2 heterocycles. The number of nitrogens with zero attached hydrogens (tertiary/aromatic N) is 4. The van der Waals surface area contributed by atoms with Crippen LogP contribution in [0.4, 0.5) is 5.82 Å². The van der Waals surface area contributed by atoms with Crippen LogP contribution in [0, 0.1) is 6.92 Å². The Hall–Kier alpha value is -3.45. The average molecular weight is 418 g/mol. The van der Waals surface area contributed by atoms with Gasteiger partial charge in [-0.2, -0.15) is 4.98 Å². The van der Waals surface area contributed by atoms with Gasteiger partial charge in [-0.3, -0.25) is 4.79 Å². The van der Waals surface area contributed by atoms with Crippen LogP contribution in [0.3, 0.4) is 0 Å². The molecule has 0 saturated carbocycles. The lowest BCUT2D eigenvalue weighted by molar-refractivity contribution is -0.136. The molecule has 0 aliphatic carbocycles. The number of rotatable bonds is 7. The fraction of sp³-hybridized carbons (Fsp3) is 0.292.